The smallest absolute Gasteiger partial charge is 0.260 e. The van der Waals surface area contributed by atoms with E-state index in [1.165, 1.54) is 0 Å². The van der Waals surface area contributed by atoms with E-state index in [2.05, 4.69) is 15.4 Å². The van der Waals surface area contributed by atoms with Crippen LogP contribution in [0.1, 0.15) is 28.0 Å². The lowest BCUT2D eigenvalue weighted by Crippen LogP contribution is -2.30. The topological polar surface area (TPSA) is 79.8 Å². The fourth-order valence-corrected chi connectivity index (χ4v) is 1.94. The molecule has 2 aromatic heterocycles. The largest absolute Gasteiger partial charge is 0.352 e. The molecular formula is C14H18N4O2. The van der Waals surface area contributed by atoms with Crippen LogP contribution in [0.15, 0.2) is 29.3 Å². The minimum absolute atomic E-state index is 0.150. The first-order valence-electron chi connectivity index (χ1n) is 6.52. The third-order valence-corrected chi connectivity index (χ3v) is 2.99. The van der Waals surface area contributed by atoms with Gasteiger partial charge in [-0.2, -0.15) is 5.10 Å². The van der Waals surface area contributed by atoms with Crippen molar-refractivity contribution in [1.29, 1.82) is 0 Å². The van der Waals surface area contributed by atoms with Crippen LogP contribution in [0.4, 0.5) is 0 Å². The summed E-state index contributed by atoms with van der Waals surface area (Å²) in [6.07, 6.45) is 5.42. The fraction of sp³-hybridized carbons (Fsp3) is 0.357. The monoisotopic (exact) mass is 274 g/mol. The van der Waals surface area contributed by atoms with Crippen LogP contribution in [0.5, 0.6) is 0 Å². The summed E-state index contributed by atoms with van der Waals surface area (Å²) in [7, 11) is 1.87. The molecule has 1 amide bonds. The van der Waals surface area contributed by atoms with Gasteiger partial charge in [0.1, 0.15) is 5.56 Å². The third-order valence-electron chi connectivity index (χ3n) is 2.99. The third kappa shape index (κ3) is 3.57. The van der Waals surface area contributed by atoms with Gasteiger partial charge in [0, 0.05) is 25.5 Å². The molecule has 0 aliphatic rings. The number of aryl methyl sites for hydroxylation is 3. The van der Waals surface area contributed by atoms with Crippen LogP contribution >= 0.6 is 0 Å². The van der Waals surface area contributed by atoms with E-state index in [0.29, 0.717) is 6.54 Å². The van der Waals surface area contributed by atoms with E-state index in [0.717, 1.165) is 24.1 Å². The second-order valence-corrected chi connectivity index (χ2v) is 4.77. The lowest BCUT2D eigenvalue weighted by atomic mass is 10.2. The molecular weight excluding hydrogens is 256 g/mol. The average molecular weight is 274 g/mol. The van der Waals surface area contributed by atoms with Crippen molar-refractivity contribution in [2.45, 2.75) is 19.8 Å². The zero-order chi connectivity index (χ0) is 14.5. The number of hydrogen-bond acceptors (Lipinski definition) is 3. The molecule has 2 heterocycles. The fourth-order valence-electron chi connectivity index (χ4n) is 1.94. The summed E-state index contributed by atoms with van der Waals surface area (Å²) in [6.45, 7) is 2.30. The van der Waals surface area contributed by atoms with Crippen molar-refractivity contribution in [1.82, 2.24) is 20.1 Å². The number of aromatic nitrogens is 3. The molecule has 0 aliphatic heterocycles. The van der Waals surface area contributed by atoms with Crippen LogP contribution in [-0.2, 0) is 13.5 Å². The molecule has 0 aromatic carbocycles. The number of carbonyl (C=O) groups is 1. The SMILES string of the molecule is Cc1ccc(C(=O)NCCCc2cnn(C)c2)c(=O)[nH]1. The number of nitrogens with zero attached hydrogens (tertiary/aromatic N) is 2. The van der Waals surface area contributed by atoms with Gasteiger partial charge in [-0.3, -0.25) is 14.3 Å². The summed E-state index contributed by atoms with van der Waals surface area (Å²) in [5.41, 5.74) is 1.67. The Balaban J connectivity index is 1.82. The predicted molar refractivity (Wildman–Crippen MR) is 75.7 cm³/mol. The summed E-state index contributed by atoms with van der Waals surface area (Å²) in [4.78, 5) is 26.1. The number of rotatable bonds is 5. The lowest BCUT2D eigenvalue weighted by molar-refractivity contribution is 0.0951. The van der Waals surface area contributed by atoms with Crippen LogP contribution in [0, 0.1) is 6.92 Å². The first-order valence-corrected chi connectivity index (χ1v) is 6.52. The van der Waals surface area contributed by atoms with Gasteiger partial charge in [0.25, 0.3) is 11.5 Å². The maximum Gasteiger partial charge on any atom is 0.260 e. The zero-order valence-corrected chi connectivity index (χ0v) is 11.6. The maximum absolute atomic E-state index is 11.8. The number of hydrogen-bond donors (Lipinski definition) is 2. The molecule has 0 saturated carbocycles. The van der Waals surface area contributed by atoms with Crippen LogP contribution < -0.4 is 10.9 Å². The Morgan fingerprint density at radius 2 is 2.25 bits per heavy atom. The molecule has 0 spiro atoms. The van der Waals surface area contributed by atoms with Crippen molar-refractivity contribution in [2.75, 3.05) is 6.54 Å². The van der Waals surface area contributed by atoms with E-state index in [-0.39, 0.29) is 17.0 Å². The van der Waals surface area contributed by atoms with Gasteiger partial charge in [-0.1, -0.05) is 0 Å². The van der Waals surface area contributed by atoms with Gasteiger partial charge < -0.3 is 10.3 Å². The summed E-state index contributed by atoms with van der Waals surface area (Å²) in [6, 6.07) is 3.26. The Morgan fingerprint density at radius 3 is 2.90 bits per heavy atom. The number of H-pyrrole nitrogens is 1. The van der Waals surface area contributed by atoms with E-state index < -0.39 is 0 Å². The van der Waals surface area contributed by atoms with Gasteiger partial charge >= 0.3 is 0 Å². The quantitative estimate of drug-likeness (QED) is 0.791. The highest BCUT2D eigenvalue weighted by molar-refractivity contribution is 5.93. The first kappa shape index (κ1) is 14.0. The van der Waals surface area contributed by atoms with Crippen LogP contribution in [-0.4, -0.2) is 27.2 Å². The van der Waals surface area contributed by atoms with Crippen molar-refractivity contribution in [2.24, 2.45) is 7.05 Å². The van der Waals surface area contributed by atoms with E-state index in [1.807, 2.05) is 19.4 Å². The summed E-state index contributed by atoms with van der Waals surface area (Å²) < 4.78 is 1.75. The Morgan fingerprint density at radius 1 is 1.45 bits per heavy atom. The molecule has 0 aliphatic carbocycles. The van der Waals surface area contributed by atoms with Crippen LogP contribution in [0.25, 0.3) is 0 Å². The van der Waals surface area contributed by atoms with Gasteiger partial charge in [-0.15, -0.1) is 0 Å². The Kier molecular flexibility index (Phi) is 4.34. The molecule has 2 aromatic rings. The molecule has 6 nitrogen and oxygen atoms in total. The van der Waals surface area contributed by atoms with Gasteiger partial charge in [-0.05, 0) is 37.5 Å². The Bertz CT molecular complexity index is 657. The van der Waals surface area contributed by atoms with Crippen molar-refractivity contribution >= 4 is 5.91 Å². The Labute approximate surface area is 116 Å². The van der Waals surface area contributed by atoms with E-state index >= 15 is 0 Å². The van der Waals surface area contributed by atoms with Gasteiger partial charge in [0.05, 0.1) is 6.20 Å². The Hall–Kier alpha value is -2.37. The molecule has 20 heavy (non-hydrogen) atoms. The second kappa shape index (κ2) is 6.18. The number of amides is 1. The van der Waals surface area contributed by atoms with Gasteiger partial charge in [0.15, 0.2) is 0 Å². The van der Waals surface area contributed by atoms with Crippen LogP contribution in [0.2, 0.25) is 0 Å². The highest BCUT2D eigenvalue weighted by Gasteiger charge is 2.09. The molecule has 0 bridgehead atoms. The summed E-state index contributed by atoms with van der Waals surface area (Å²) in [5, 5.41) is 6.83. The molecule has 106 valence electrons. The highest BCUT2D eigenvalue weighted by Crippen LogP contribution is 2.00. The number of pyridine rings is 1. The van der Waals surface area contributed by atoms with Gasteiger partial charge in [-0.25, -0.2) is 0 Å². The average Bonchev–Trinajstić information content (AvgIpc) is 2.80. The minimum atomic E-state index is -0.352. The van der Waals surface area contributed by atoms with Gasteiger partial charge in [0.2, 0.25) is 0 Å². The number of nitrogens with one attached hydrogen (secondary N) is 2. The molecule has 0 fully saturated rings. The molecule has 6 heteroatoms. The standard InChI is InChI=1S/C14H18N4O2/c1-10-5-6-12(14(20)17-10)13(19)15-7-3-4-11-8-16-18(2)9-11/h5-6,8-9H,3-4,7H2,1-2H3,(H,15,19)(H,17,20). The summed E-state index contributed by atoms with van der Waals surface area (Å²) in [5.74, 6) is -0.336. The van der Waals surface area contributed by atoms with E-state index in [4.69, 9.17) is 0 Å². The lowest BCUT2D eigenvalue weighted by Gasteiger charge is -2.04. The molecule has 0 unspecified atom stereocenters. The molecule has 2 N–H and O–H groups in total. The molecule has 2 rings (SSSR count). The van der Waals surface area contributed by atoms with E-state index in [1.54, 1.807) is 23.7 Å². The minimum Gasteiger partial charge on any atom is -0.352 e. The number of aromatic amines is 1. The number of carbonyl (C=O) groups excluding carboxylic acids is 1. The normalized spacial score (nSPS) is 10.5. The van der Waals surface area contributed by atoms with Crippen molar-refractivity contribution in [3.8, 4) is 0 Å². The summed E-state index contributed by atoms with van der Waals surface area (Å²) >= 11 is 0. The first-order chi connectivity index (χ1) is 9.56. The highest BCUT2D eigenvalue weighted by atomic mass is 16.2. The van der Waals surface area contributed by atoms with Crippen molar-refractivity contribution < 1.29 is 4.79 Å². The zero-order valence-electron chi connectivity index (χ0n) is 11.6. The second-order valence-electron chi connectivity index (χ2n) is 4.77. The predicted octanol–water partition coefficient (Wildman–Crippen LogP) is 0.779. The molecule has 0 atom stereocenters. The van der Waals surface area contributed by atoms with E-state index in [9.17, 15) is 9.59 Å². The maximum atomic E-state index is 11.8. The molecule has 0 saturated heterocycles. The van der Waals surface area contributed by atoms with Crippen molar-refractivity contribution in [3.63, 3.8) is 0 Å². The van der Waals surface area contributed by atoms with Crippen molar-refractivity contribution in [3.05, 3.63) is 51.7 Å². The molecule has 0 radical (unpaired) electrons. The van der Waals surface area contributed by atoms with Crippen LogP contribution in [0.3, 0.4) is 0 Å².